The number of halogens is 1. The number of carbonyl (C=O) groups is 2. The van der Waals surface area contributed by atoms with Crippen LogP contribution < -0.4 is 10.6 Å². The summed E-state index contributed by atoms with van der Waals surface area (Å²) < 4.78 is 1.66. The van der Waals surface area contributed by atoms with Crippen LogP contribution in [0.1, 0.15) is 18.1 Å². The van der Waals surface area contributed by atoms with E-state index < -0.39 is 0 Å². The first-order valence-electron chi connectivity index (χ1n) is 11.7. The maximum Gasteiger partial charge on any atom is 0.322 e. The number of nitrogens with one attached hydrogen (secondary N) is 2. The first-order valence-corrected chi connectivity index (χ1v) is 12.1. The summed E-state index contributed by atoms with van der Waals surface area (Å²) >= 11 is 6.06. The number of carbonyl (C=O) groups excluding carboxylic acids is 2. The summed E-state index contributed by atoms with van der Waals surface area (Å²) in [6, 6.07) is 24.1. The monoisotopic (exact) mass is 501 g/mol. The van der Waals surface area contributed by atoms with Crippen LogP contribution in [-0.2, 0) is 4.79 Å². The number of aryl methyl sites for hydroxylation is 1. The van der Waals surface area contributed by atoms with E-state index in [1.54, 1.807) is 16.8 Å². The van der Waals surface area contributed by atoms with Crippen LogP contribution >= 0.6 is 11.6 Å². The van der Waals surface area contributed by atoms with Gasteiger partial charge in [-0.05, 0) is 62.2 Å². The molecule has 0 aliphatic rings. The lowest BCUT2D eigenvalue weighted by Crippen LogP contribution is -2.40. The zero-order valence-corrected chi connectivity index (χ0v) is 21.2. The van der Waals surface area contributed by atoms with Gasteiger partial charge in [0.15, 0.2) is 0 Å². The molecule has 8 heteroatoms. The lowest BCUT2D eigenvalue weighted by Gasteiger charge is -2.22. The number of nitrogens with zero attached hydrogens (tertiary/aromatic N) is 3. The molecule has 184 valence electrons. The smallest absolute Gasteiger partial charge is 0.315 e. The summed E-state index contributed by atoms with van der Waals surface area (Å²) in [5.74, 6) is 0.162. The molecular formula is C28H28ClN5O2. The van der Waals surface area contributed by atoms with Crippen LogP contribution in [0.4, 0.5) is 16.3 Å². The van der Waals surface area contributed by atoms with Gasteiger partial charge in [0.2, 0.25) is 5.91 Å². The van der Waals surface area contributed by atoms with Crippen molar-refractivity contribution in [1.29, 1.82) is 0 Å². The zero-order valence-electron chi connectivity index (χ0n) is 20.5. The molecule has 0 atom stereocenters. The number of urea groups is 1. The Balaban J connectivity index is 1.54. The number of anilines is 2. The van der Waals surface area contributed by atoms with Gasteiger partial charge in [0.05, 0.1) is 11.4 Å². The lowest BCUT2D eigenvalue weighted by atomic mass is 10.1. The molecule has 2 N–H and O–H groups in total. The van der Waals surface area contributed by atoms with Crippen LogP contribution in [0.15, 0.2) is 78.9 Å². The van der Waals surface area contributed by atoms with Gasteiger partial charge < -0.3 is 15.5 Å². The van der Waals surface area contributed by atoms with E-state index in [-0.39, 0.29) is 18.5 Å². The van der Waals surface area contributed by atoms with E-state index in [0.29, 0.717) is 23.1 Å². The highest BCUT2D eigenvalue weighted by atomic mass is 35.5. The molecule has 0 aliphatic heterocycles. The summed E-state index contributed by atoms with van der Waals surface area (Å²) in [7, 11) is 0. The Morgan fingerprint density at radius 1 is 0.944 bits per heavy atom. The molecule has 36 heavy (non-hydrogen) atoms. The molecule has 3 amide bonds. The highest BCUT2D eigenvalue weighted by Crippen LogP contribution is 2.25. The Labute approximate surface area is 215 Å². The Kier molecular flexibility index (Phi) is 7.71. The topological polar surface area (TPSA) is 79.3 Å². The molecule has 3 aromatic carbocycles. The van der Waals surface area contributed by atoms with Gasteiger partial charge in [0, 0.05) is 28.9 Å². The third-order valence-corrected chi connectivity index (χ3v) is 6.22. The van der Waals surface area contributed by atoms with Crippen LogP contribution in [0, 0.1) is 13.8 Å². The van der Waals surface area contributed by atoms with Gasteiger partial charge in [-0.15, -0.1) is 0 Å². The minimum absolute atomic E-state index is 0.111. The van der Waals surface area contributed by atoms with E-state index in [1.807, 2.05) is 87.5 Å². The second-order valence-corrected chi connectivity index (χ2v) is 8.85. The molecule has 0 fully saturated rings. The van der Waals surface area contributed by atoms with Crippen molar-refractivity contribution < 1.29 is 9.59 Å². The molecule has 0 bridgehead atoms. The number of amides is 3. The van der Waals surface area contributed by atoms with E-state index in [9.17, 15) is 9.59 Å². The molecule has 7 nitrogen and oxygen atoms in total. The number of aromatic nitrogens is 2. The second kappa shape index (κ2) is 11.1. The molecule has 0 aliphatic carbocycles. The molecule has 1 heterocycles. The highest BCUT2D eigenvalue weighted by Gasteiger charge is 2.19. The number of likely N-dealkylation sites (N-methyl/N-ethyl adjacent to an activating group) is 1. The maximum atomic E-state index is 13.0. The van der Waals surface area contributed by atoms with Gasteiger partial charge in [-0.1, -0.05) is 54.1 Å². The number of benzene rings is 3. The van der Waals surface area contributed by atoms with Crippen LogP contribution in [-0.4, -0.2) is 39.7 Å². The van der Waals surface area contributed by atoms with Crippen molar-refractivity contribution in [3.63, 3.8) is 0 Å². The summed E-state index contributed by atoms with van der Waals surface area (Å²) in [6.45, 7) is 6.04. The highest BCUT2D eigenvalue weighted by molar-refractivity contribution is 6.30. The fraction of sp³-hybridized carbons (Fsp3) is 0.179. The minimum atomic E-state index is -0.336. The normalized spacial score (nSPS) is 10.7. The van der Waals surface area contributed by atoms with E-state index in [1.165, 1.54) is 4.90 Å². The molecule has 0 saturated carbocycles. The van der Waals surface area contributed by atoms with E-state index in [4.69, 9.17) is 16.7 Å². The van der Waals surface area contributed by atoms with E-state index in [2.05, 4.69) is 10.6 Å². The molecule has 0 unspecified atom stereocenters. The van der Waals surface area contributed by atoms with Gasteiger partial charge in [0.1, 0.15) is 12.4 Å². The van der Waals surface area contributed by atoms with Crippen LogP contribution in [0.2, 0.25) is 5.02 Å². The minimum Gasteiger partial charge on any atom is -0.315 e. The van der Waals surface area contributed by atoms with Crippen LogP contribution in [0.3, 0.4) is 0 Å². The largest absolute Gasteiger partial charge is 0.322 e. The second-order valence-electron chi connectivity index (χ2n) is 8.41. The zero-order chi connectivity index (χ0) is 25.7. The van der Waals surface area contributed by atoms with Crippen LogP contribution in [0.25, 0.3) is 16.9 Å². The van der Waals surface area contributed by atoms with E-state index in [0.717, 1.165) is 28.1 Å². The van der Waals surface area contributed by atoms with Crippen molar-refractivity contribution >= 4 is 35.0 Å². The summed E-state index contributed by atoms with van der Waals surface area (Å²) in [6.07, 6.45) is 0. The Morgan fingerprint density at radius 3 is 2.36 bits per heavy atom. The Hall–Kier alpha value is -4.10. The molecule has 0 radical (unpaired) electrons. The molecule has 4 aromatic rings. The fourth-order valence-corrected chi connectivity index (χ4v) is 3.89. The average Bonchev–Trinajstić information content (AvgIpc) is 3.29. The lowest BCUT2D eigenvalue weighted by molar-refractivity contribution is -0.116. The van der Waals surface area contributed by atoms with Crippen LogP contribution in [0.5, 0.6) is 0 Å². The first-order chi connectivity index (χ1) is 17.4. The molecule has 1 aromatic heterocycles. The van der Waals surface area contributed by atoms with Gasteiger partial charge in [-0.2, -0.15) is 5.10 Å². The number of rotatable bonds is 7. The molecular weight excluding hydrogens is 474 g/mol. The molecule has 0 saturated heterocycles. The maximum absolute atomic E-state index is 13.0. The van der Waals surface area contributed by atoms with Crippen molar-refractivity contribution in [2.24, 2.45) is 0 Å². The van der Waals surface area contributed by atoms with Gasteiger partial charge in [0.25, 0.3) is 0 Å². The Bertz CT molecular complexity index is 1370. The summed E-state index contributed by atoms with van der Waals surface area (Å²) in [5, 5.41) is 11.2. The van der Waals surface area contributed by atoms with Gasteiger partial charge in [-0.25, -0.2) is 9.48 Å². The van der Waals surface area contributed by atoms with E-state index >= 15 is 0 Å². The standard InChI is InChI=1S/C28H28ClN5O2/c1-4-33(28(36)30-24-12-8-9-19(2)20(24)3)18-27(35)31-26-17-25(21-10-6-5-7-11-21)32-34(26)23-15-13-22(29)14-16-23/h5-17H,4,18H2,1-3H3,(H,30,36)(H,31,35). The Morgan fingerprint density at radius 2 is 1.67 bits per heavy atom. The van der Waals surface area contributed by atoms with Gasteiger partial charge in [-0.3, -0.25) is 4.79 Å². The number of hydrogen-bond donors (Lipinski definition) is 2. The van der Waals surface area contributed by atoms with Crippen molar-refractivity contribution in [2.45, 2.75) is 20.8 Å². The predicted octanol–water partition coefficient (Wildman–Crippen LogP) is 6.30. The summed E-state index contributed by atoms with van der Waals surface area (Å²) in [4.78, 5) is 27.4. The third-order valence-electron chi connectivity index (χ3n) is 5.97. The van der Waals surface area contributed by atoms with Crippen molar-refractivity contribution in [3.8, 4) is 16.9 Å². The molecule has 4 rings (SSSR count). The molecule has 0 spiro atoms. The summed E-state index contributed by atoms with van der Waals surface area (Å²) in [5.41, 5.74) is 5.18. The van der Waals surface area contributed by atoms with Crippen molar-refractivity contribution in [1.82, 2.24) is 14.7 Å². The first kappa shape index (κ1) is 25.0. The SMILES string of the molecule is CCN(CC(=O)Nc1cc(-c2ccccc2)nn1-c1ccc(Cl)cc1)C(=O)Nc1cccc(C)c1C. The average molecular weight is 502 g/mol. The predicted molar refractivity (Wildman–Crippen MR) is 145 cm³/mol. The van der Waals surface area contributed by atoms with Crippen molar-refractivity contribution in [3.05, 3.63) is 95.0 Å². The third kappa shape index (κ3) is 5.75. The quantitative estimate of drug-likeness (QED) is 0.312. The van der Waals surface area contributed by atoms with Gasteiger partial charge >= 0.3 is 6.03 Å². The van der Waals surface area contributed by atoms with Crippen molar-refractivity contribution in [2.75, 3.05) is 23.7 Å². The fourth-order valence-electron chi connectivity index (χ4n) is 3.76. The number of hydrogen-bond acceptors (Lipinski definition) is 3.